The second-order valence-electron chi connectivity index (χ2n) is 23.5. The number of fused-ring (bicyclic) bond motifs is 2. The molecule has 38 nitrogen and oxygen atoms in total. The van der Waals surface area contributed by atoms with Crippen LogP contribution in [0.25, 0.3) is 20.4 Å². The molecule has 0 radical (unpaired) electrons. The molecule has 2 heterocycles. The summed E-state index contributed by atoms with van der Waals surface area (Å²) in [6, 6.07) is 25.6. The smallest absolute Gasteiger partial charge is 0.345 e. The number of nitrogens with two attached hydrogens (primary N) is 2. The number of hydrogen-bond donors (Lipinski definition) is 14. The third-order valence-electron chi connectivity index (χ3n) is 14.2. The van der Waals surface area contributed by atoms with Crippen molar-refractivity contribution >= 4 is 185 Å². The summed E-state index contributed by atoms with van der Waals surface area (Å²) in [7, 11) is -1.08. The number of nitro groups is 2. The van der Waals surface area contributed by atoms with E-state index in [0.717, 1.165) is 46.8 Å². The minimum Gasteiger partial charge on any atom is -0.480 e. The Labute approximate surface area is 677 Å². The van der Waals surface area contributed by atoms with Crippen LogP contribution in [0.4, 0.5) is 31.2 Å². The summed E-state index contributed by atoms with van der Waals surface area (Å²) in [5.74, 6) is -5.65. The summed E-state index contributed by atoms with van der Waals surface area (Å²) in [5, 5.41) is 61.1. The van der Waals surface area contributed by atoms with Crippen molar-refractivity contribution in [2.24, 2.45) is 11.5 Å². The number of nitrogens with zero attached hydrogens (tertiary/aromatic N) is 4. The molecule has 0 saturated heterocycles. The Bertz CT molecular complexity index is 4500. The summed E-state index contributed by atoms with van der Waals surface area (Å²) < 4.78 is 44.4. The normalized spacial score (nSPS) is 13.0. The minimum atomic E-state index is -3.25. The number of carboxylic acid groups (broad SMARTS) is 2. The average Bonchev–Trinajstić information content (AvgIpc) is 1.50. The van der Waals surface area contributed by atoms with E-state index in [1.807, 2.05) is 48.5 Å². The number of carbonyl (C=O) groups excluding carboxylic acids is 8. The average molecular weight is 1750 g/mol. The number of esters is 2. The monoisotopic (exact) mass is 1740 g/mol. The lowest BCUT2D eigenvalue weighted by atomic mass is 10.1. The molecule has 2 aromatic heterocycles. The van der Waals surface area contributed by atoms with Gasteiger partial charge in [0.2, 0.25) is 23.6 Å². The van der Waals surface area contributed by atoms with E-state index in [4.69, 9.17) is 87.3 Å². The number of halogens is 4. The van der Waals surface area contributed by atoms with E-state index >= 15 is 0 Å². The molecular formula is C68H80Cl4N14O24P2S2. The topological polar surface area (TPSA) is 583 Å². The van der Waals surface area contributed by atoms with Crippen LogP contribution in [-0.4, -0.2) is 190 Å². The lowest BCUT2D eigenvalue weighted by Crippen LogP contribution is -2.52. The fraction of sp³-hybridized carbons (Fsp3) is 0.294. The number of ether oxygens (including phenoxy) is 4. The van der Waals surface area contributed by atoms with Crippen molar-refractivity contribution in [1.82, 2.24) is 41.9 Å². The number of aliphatic carboxylic acids is 2. The number of urea groups is 2. The molecule has 0 fully saturated rings. The first-order valence-electron chi connectivity index (χ1n) is 32.8. The number of rotatable bonds is 26. The third-order valence-corrected chi connectivity index (χ3v) is 19.4. The number of anilines is 2. The number of nitrogens with one attached hydrogen (secondary N) is 8. The van der Waals surface area contributed by atoms with E-state index < -0.39 is 108 Å². The quantitative estimate of drug-likeness (QED) is 0.0104. The van der Waals surface area contributed by atoms with Crippen molar-refractivity contribution in [2.45, 2.75) is 76.8 Å². The number of aromatic nitrogens is 2. The fourth-order valence-electron chi connectivity index (χ4n) is 8.15. The Kier molecular flexibility index (Phi) is 40.2. The highest BCUT2D eigenvalue weighted by atomic mass is 35.5. The SMILES string of the molecule is CNC(=O)Nc1nc2ccccc2s1.CNC(=O)Nc1nc2ccccc2s1.COC(=O)c1cc(Oc2ccc(Cl)cc2Cl)ccc1[N+](=O)[O-].COC(=O)c1cc(Oc2ccc(Cl)cc2Cl)ccc1[N+](=O)[O-].C[C@H](NC(=O)[C@H](C)NC(=O)[C@@H](N)CCP(C)(=O)O)C(=O)O.C[C@H](NC(=O)[C@H](C)NC(=O)[C@@H](N)CCP(C)(=O)O)C(=O)O. The summed E-state index contributed by atoms with van der Waals surface area (Å²) in [4.78, 5) is 160. The molecule has 8 rings (SSSR count). The zero-order chi connectivity index (χ0) is 86.1. The Hall–Kier alpha value is -10.7. The number of methoxy groups -OCH3 is 2. The number of nitro benzene ring substituents is 2. The van der Waals surface area contributed by atoms with Gasteiger partial charge in [0.25, 0.3) is 11.4 Å². The molecule has 46 heteroatoms. The van der Waals surface area contributed by atoms with Crippen LogP contribution in [0.5, 0.6) is 23.0 Å². The van der Waals surface area contributed by atoms with Gasteiger partial charge in [0, 0.05) is 74.1 Å². The van der Waals surface area contributed by atoms with Gasteiger partial charge in [0.15, 0.2) is 25.0 Å². The first kappa shape index (κ1) is 97.5. The van der Waals surface area contributed by atoms with Crippen molar-refractivity contribution in [3.8, 4) is 23.0 Å². The van der Waals surface area contributed by atoms with Crippen molar-refractivity contribution < 1.29 is 106 Å². The van der Waals surface area contributed by atoms with Crippen LogP contribution in [0, 0.1) is 20.2 Å². The minimum absolute atomic E-state index is 0.00990. The lowest BCUT2D eigenvalue weighted by Gasteiger charge is -2.19. The van der Waals surface area contributed by atoms with Gasteiger partial charge >= 0.3 is 35.9 Å². The van der Waals surface area contributed by atoms with E-state index in [1.165, 1.54) is 100 Å². The van der Waals surface area contributed by atoms with Crippen LogP contribution in [0.2, 0.25) is 20.1 Å². The highest BCUT2D eigenvalue weighted by molar-refractivity contribution is 7.57. The van der Waals surface area contributed by atoms with Gasteiger partial charge in [0.05, 0.1) is 66.6 Å². The van der Waals surface area contributed by atoms with Crippen LogP contribution in [-0.2, 0) is 47.4 Å². The lowest BCUT2D eigenvalue weighted by molar-refractivity contribution is -0.385. The maximum Gasteiger partial charge on any atom is 0.345 e. The Morgan fingerprint density at radius 3 is 1.11 bits per heavy atom. The highest BCUT2D eigenvalue weighted by Crippen LogP contribution is 2.38. The molecule has 114 heavy (non-hydrogen) atoms. The molecule has 0 spiro atoms. The molecule has 8 atom stereocenters. The Morgan fingerprint density at radius 2 is 0.833 bits per heavy atom. The van der Waals surface area contributed by atoms with Gasteiger partial charge in [-0.3, -0.25) is 68.8 Å². The summed E-state index contributed by atoms with van der Waals surface area (Å²) >= 11 is 26.4. The number of amides is 8. The molecule has 8 aromatic rings. The second kappa shape index (κ2) is 47.1. The van der Waals surface area contributed by atoms with Crippen molar-refractivity contribution in [3.63, 3.8) is 0 Å². The molecule has 616 valence electrons. The van der Waals surface area contributed by atoms with Gasteiger partial charge in [-0.15, -0.1) is 0 Å². The molecule has 8 amide bonds. The van der Waals surface area contributed by atoms with Gasteiger partial charge in [-0.25, -0.2) is 29.1 Å². The summed E-state index contributed by atoms with van der Waals surface area (Å²) in [6.07, 6.45) is -0.178. The van der Waals surface area contributed by atoms with Crippen LogP contribution >= 0.6 is 83.8 Å². The van der Waals surface area contributed by atoms with Crippen LogP contribution in [0.15, 0.2) is 121 Å². The standard InChI is InChI=1S/2C14H9Cl2NO5.2C11H22N3O6P.2C9H9N3OS/c2*1-21-14(18)10-7-9(3-4-12(10)17(19)20)22-13-5-2-8(15)6-11(13)16;2*1-6(9(15)14-7(2)11(17)18)13-10(16)8(12)4-5-21(3,19)20;2*1-10-8(13)12-9-11-6-4-2-3-5-7(6)14-9/h2*2-7H,1H3;2*6-8H,4-5,12H2,1-3H3,(H,13,16)(H,14,15)(H,17,18)(H,19,20);2*2-5H,1H3,(H2,10,11,12,13)/t;;2*6-,7-,8-;;/m..00../s1. The predicted octanol–water partition coefficient (Wildman–Crippen LogP) is 10.5. The zero-order valence-electron chi connectivity index (χ0n) is 62.0. The van der Waals surface area contributed by atoms with Gasteiger partial charge in [-0.1, -0.05) is 93.3 Å². The van der Waals surface area contributed by atoms with Crippen molar-refractivity contribution in [1.29, 1.82) is 0 Å². The van der Waals surface area contributed by atoms with Gasteiger partial charge in [-0.05, 0) is 113 Å². The zero-order valence-corrected chi connectivity index (χ0v) is 68.4. The number of carbonyl (C=O) groups is 10. The summed E-state index contributed by atoms with van der Waals surface area (Å²) in [6.45, 7) is 7.68. The molecular weight excluding hydrogens is 1660 g/mol. The number of carboxylic acids is 2. The van der Waals surface area contributed by atoms with E-state index in [-0.39, 0.29) is 81.3 Å². The van der Waals surface area contributed by atoms with Crippen LogP contribution < -0.4 is 63.5 Å². The van der Waals surface area contributed by atoms with Gasteiger partial charge in [-0.2, -0.15) is 0 Å². The second-order valence-corrected chi connectivity index (χ2v) is 32.4. The van der Waals surface area contributed by atoms with Crippen molar-refractivity contribution in [3.05, 3.63) is 173 Å². The van der Waals surface area contributed by atoms with E-state index in [0.29, 0.717) is 31.8 Å². The molecule has 16 N–H and O–H groups in total. The summed E-state index contributed by atoms with van der Waals surface area (Å²) in [5.41, 5.74) is 11.7. The maximum absolute atomic E-state index is 11.7. The molecule has 0 aliphatic rings. The van der Waals surface area contributed by atoms with E-state index in [1.54, 1.807) is 38.4 Å². The maximum atomic E-state index is 11.7. The molecule has 0 aliphatic carbocycles. The van der Waals surface area contributed by atoms with Crippen molar-refractivity contribution in [2.75, 3.05) is 64.6 Å². The van der Waals surface area contributed by atoms with Gasteiger partial charge in [0.1, 0.15) is 58.3 Å². The first-order valence-corrected chi connectivity index (χ1v) is 40.5. The van der Waals surface area contributed by atoms with E-state index in [9.17, 15) is 77.3 Å². The Balaban J connectivity index is 0.000000357. The fourth-order valence-corrected chi connectivity index (χ4v) is 12.3. The van der Waals surface area contributed by atoms with E-state index in [2.05, 4.69) is 62.0 Å². The largest absolute Gasteiger partial charge is 0.480 e. The molecule has 0 aliphatic heterocycles. The number of hydrogen-bond acceptors (Lipinski definition) is 26. The molecule has 6 aromatic carbocycles. The number of benzene rings is 6. The van der Waals surface area contributed by atoms with Gasteiger partial charge < -0.3 is 82.3 Å². The third kappa shape index (κ3) is 34.7. The number of thiazole rings is 2. The predicted molar refractivity (Wildman–Crippen MR) is 429 cm³/mol. The molecule has 0 bridgehead atoms. The Morgan fingerprint density at radius 1 is 0.509 bits per heavy atom. The molecule has 2 unspecified atom stereocenters. The van der Waals surface area contributed by atoms with Crippen LogP contribution in [0.1, 0.15) is 61.3 Å². The van der Waals surface area contributed by atoms with Crippen LogP contribution in [0.3, 0.4) is 0 Å². The number of para-hydroxylation sites is 2. The first-order chi connectivity index (χ1) is 53.3. The molecule has 0 saturated carbocycles. The highest BCUT2D eigenvalue weighted by Gasteiger charge is 2.28.